The smallest absolute Gasteiger partial charge is 0.267 e. The lowest BCUT2D eigenvalue weighted by Crippen LogP contribution is -2.50. The van der Waals surface area contributed by atoms with Crippen LogP contribution in [0.25, 0.3) is 0 Å². The fourth-order valence-electron chi connectivity index (χ4n) is 2.42. The Balaban J connectivity index is 1.97. The van der Waals surface area contributed by atoms with Crippen molar-refractivity contribution in [3.05, 3.63) is 70.8 Å². The number of nitrogens with one attached hydrogen (secondary N) is 3. The minimum absolute atomic E-state index is 0.107. The van der Waals surface area contributed by atoms with Crippen molar-refractivity contribution in [2.75, 3.05) is 19.7 Å². The van der Waals surface area contributed by atoms with E-state index in [2.05, 4.69) is 22.5 Å². The number of hydrogen-bond acceptors (Lipinski definition) is 6. The van der Waals surface area contributed by atoms with Crippen LogP contribution < -0.4 is 21.8 Å². The molecule has 0 saturated heterocycles. The number of carbonyl (C=O) groups excluding carboxylic acids is 2. The highest BCUT2D eigenvalue weighted by atomic mass is 16.5. The van der Waals surface area contributed by atoms with E-state index in [1.807, 2.05) is 24.3 Å². The van der Waals surface area contributed by atoms with Crippen molar-refractivity contribution in [1.82, 2.24) is 16.1 Å². The predicted octanol–water partition coefficient (Wildman–Crippen LogP) is -0.269. The Bertz CT molecular complexity index is 870. The predicted molar refractivity (Wildman–Crippen MR) is 108 cm³/mol. The number of carbonyl (C=O) groups is 2. The summed E-state index contributed by atoms with van der Waals surface area (Å²) in [4.78, 5) is 23.6. The number of hydrogen-bond donors (Lipinski definition) is 6. The summed E-state index contributed by atoms with van der Waals surface area (Å²) in [6.07, 6.45) is 0. The summed E-state index contributed by atoms with van der Waals surface area (Å²) in [7, 11) is 0. The number of rotatable bonds is 8. The molecule has 0 fully saturated rings. The first-order chi connectivity index (χ1) is 14.1. The Morgan fingerprint density at radius 1 is 1.00 bits per heavy atom. The zero-order valence-electron chi connectivity index (χ0n) is 15.8. The van der Waals surface area contributed by atoms with E-state index in [1.54, 1.807) is 24.3 Å². The monoisotopic (exact) mass is 396 g/mol. The van der Waals surface area contributed by atoms with Crippen LogP contribution in [0, 0.1) is 11.8 Å². The fourth-order valence-corrected chi connectivity index (χ4v) is 2.42. The molecular weight excluding hydrogens is 372 g/mol. The van der Waals surface area contributed by atoms with Crippen LogP contribution in [0.2, 0.25) is 0 Å². The van der Waals surface area contributed by atoms with E-state index < -0.39 is 17.9 Å². The first kappa shape index (κ1) is 22.1. The Morgan fingerprint density at radius 3 is 2.10 bits per heavy atom. The van der Waals surface area contributed by atoms with Gasteiger partial charge in [0.15, 0.2) is 0 Å². The average molecular weight is 396 g/mol. The van der Waals surface area contributed by atoms with E-state index in [0.29, 0.717) is 18.7 Å². The molecule has 1 atom stereocenters. The topological polar surface area (TPSA) is 137 Å². The number of benzene rings is 2. The molecule has 0 radical (unpaired) electrons. The molecule has 8 heteroatoms. The molecule has 0 unspecified atom stereocenters. The van der Waals surface area contributed by atoms with Crippen LogP contribution in [0.5, 0.6) is 0 Å². The summed E-state index contributed by atoms with van der Waals surface area (Å²) >= 11 is 0. The molecule has 2 aromatic carbocycles. The van der Waals surface area contributed by atoms with Crippen LogP contribution in [0.3, 0.4) is 0 Å². The van der Waals surface area contributed by atoms with E-state index in [-0.39, 0.29) is 13.2 Å². The third-order valence-corrected chi connectivity index (χ3v) is 4.04. The van der Waals surface area contributed by atoms with E-state index in [1.165, 1.54) is 5.48 Å². The SMILES string of the molecule is NC[C@H](NC(=O)c1ccc(C#Cc2ccc(CNCCO)cc2)cc1)C(=O)NO. The van der Waals surface area contributed by atoms with E-state index >= 15 is 0 Å². The molecule has 2 amide bonds. The van der Waals surface area contributed by atoms with Crippen LogP contribution >= 0.6 is 0 Å². The van der Waals surface area contributed by atoms with E-state index in [0.717, 1.165) is 16.7 Å². The van der Waals surface area contributed by atoms with Crippen molar-refractivity contribution in [3.63, 3.8) is 0 Å². The Morgan fingerprint density at radius 2 is 1.59 bits per heavy atom. The van der Waals surface area contributed by atoms with Crippen molar-refractivity contribution >= 4 is 11.8 Å². The zero-order chi connectivity index (χ0) is 21.1. The van der Waals surface area contributed by atoms with Crippen molar-refractivity contribution in [1.29, 1.82) is 0 Å². The molecule has 0 saturated carbocycles. The minimum atomic E-state index is -1.02. The summed E-state index contributed by atoms with van der Waals surface area (Å²) in [6.45, 7) is 1.20. The first-order valence-corrected chi connectivity index (χ1v) is 9.05. The molecule has 0 aliphatic heterocycles. The Kier molecular flexibility index (Phi) is 8.82. The second-order valence-electron chi connectivity index (χ2n) is 6.16. The molecule has 29 heavy (non-hydrogen) atoms. The molecular formula is C21H24N4O4. The second kappa shape index (κ2) is 11.6. The first-order valence-electron chi connectivity index (χ1n) is 9.05. The normalized spacial score (nSPS) is 11.1. The van der Waals surface area contributed by atoms with Gasteiger partial charge in [0.1, 0.15) is 6.04 Å². The maximum Gasteiger partial charge on any atom is 0.267 e. The van der Waals surface area contributed by atoms with Gasteiger partial charge in [-0.3, -0.25) is 14.8 Å². The maximum absolute atomic E-state index is 12.2. The van der Waals surface area contributed by atoms with Gasteiger partial charge in [0.2, 0.25) is 0 Å². The average Bonchev–Trinajstić information content (AvgIpc) is 2.76. The molecule has 0 aliphatic rings. The molecule has 0 bridgehead atoms. The fraction of sp³-hybridized carbons (Fsp3) is 0.238. The zero-order valence-corrected chi connectivity index (χ0v) is 15.8. The lowest BCUT2D eigenvalue weighted by Gasteiger charge is -2.14. The summed E-state index contributed by atoms with van der Waals surface area (Å²) < 4.78 is 0. The number of aliphatic hydroxyl groups excluding tert-OH is 1. The second-order valence-corrected chi connectivity index (χ2v) is 6.16. The number of amides is 2. The van der Waals surface area contributed by atoms with Crippen LogP contribution in [-0.4, -0.2) is 47.9 Å². The van der Waals surface area contributed by atoms with Gasteiger partial charge in [-0.1, -0.05) is 24.0 Å². The maximum atomic E-state index is 12.2. The minimum Gasteiger partial charge on any atom is -0.395 e. The van der Waals surface area contributed by atoms with E-state index in [4.69, 9.17) is 16.0 Å². The Hall–Kier alpha value is -3.22. The van der Waals surface area contributed by atoms with Gasteiger partial charge < -0.3 is 21.5 Å². The van der Waals surface area contributed by atoms with Crippen molar-refractivity contribution in [2.45, 2.75) is 12.6 Å². The number of nitrogens with two attached hydrogens (primary N) is 1. The Labute approximate surface area is 169 Å². The quantitative estimate of drug-likeness (QED) is 0.157. The number of hydroxylamine groups is 1. The third-order valence-electron chi connectivity index (χ3n) is 4.04. The highest BCUT2D eigenvalue weighted by molar-refractivity contribution is 5.97. The molecule has 0 aliphatic carbocycles. The van der Waals surface area contributed by atoms with Gasteiger partial charge in [0, 0.05) is 36.3 Å². The summed E-state index contributed by atoms with van der Waals surface area (Å²) in [6, 6.07) is 13.4. The van der Waals surface area contributed by atoms with Gasteiger partial charge in [0.05, 0.1) is 6.61 Å². The molecule has 152 valence electrons. The van der Waals surface area contributed by atoms with Gasteiger partial charge in [-0.2, -0.15) is 0 Å². The van der Waals surface area contributed by atoms with Crippen molar-refractivity contribution < 1.29 is 19.9 Å². The van der Waals surface area contributed by atoms with Crippen LogP contribution in [0.4, 0.5) is 0 Å². The van der Waals surface area contributed by atoms with Gasteiger partial charge in [-0.05, 0) is 42.0 Å². The summed E-state index contributed by atoms with van der Waals surface area (Å²) in [5, 5.41) is 23.0. The highest BCUT2D eigenvalue weighted by Gasteiger charge is 2.19. The molecule has 7 N–H and O–H groups in total. The lowest BCUT2D eigenvalue weighted by molar-refractivity contribution is -0.130. The molecule has 8 nitrogen and oxygen atoms in total. The lowest BCUT2D eigenvalue weighted by atomic mass is 10.1. The van der Waals surface area contributed by atoms with Gasteiger partial charge >= 0.3 is 0 Å². The summed E-state index contributed by atoms with van der Waals surface area (Å²) in [5.41, 5.74) is 9.92. The molecule has 0 aromatic heterocycles. The highest BCUT2D eigenvalue weighted by Crippen LogP contribution is 2.06. The van der Waals surface area contributed by atoms with Gasteiger partial charge in [-0.15, -0.1) is 0 Å². The third kappa shape index (κ3) is 7.03. The van der Waals surface area contributed by atoms with Crippen LogP contribution in [0.1, 0.15) is 27.0 Å². The van der Waals surface area contributed by atoms with E-state index in [9.17, 15) is 9.59 Å². The molecule has 2 aromatic rings. The largest absolute Gasteiger partial charge is 0.395 e. The summed E-state index contributed by atoms with van der Waals surface area (Å²) in [5.74, 6) is 4.83. The van der Waals surface area contributed by atoms with Crippen LogP contribution in [-0.2, 0) is 11.3 Å². The molecule has 2 rings (SSSR count). The molecule has 0 heterocycles. The van der Waals surface area contributed by atoms with Crippen molar-refractivity contribution in [3.8, 4) is 11.8 Å². The molecule has 0 spiro atoms. The van der Waals surface area contributed by atoms with Crippen molar-refractivity contribution in [2.24, 2.45) is 5.73 Å². The standard InChI is InChI=1S/C21H24N4O4/c22-13-19(21(28)25-29)24-20(27)18-9-7-16(8-10-18)2-1-15-3-5-17(6-4-15)14-23-11-12-26/h3-10,19,23,26,29H,11-14,22H2,(H,24,27)(H,25,28)/t19-/m0/s1. The van der Waals surface area contributed by atoms with Crippen LogP contribution in [0.15, 0.2) is 48.5 Å². The number of aliphatic hydroxyl groups is 1. The van der Waals surface area contributed by atoms with Gasteiger partial charge in [-0.25, -0.2) is 5.48 Å². The van der Waals surface area contributed by atoms with Gasteiger partial charge in [0.25, 0.3) is 11.8 Å².